The van der Waals surface area contributed by atoms with Crippen LogP contribution in [0.1, 0.15) is 84.5 Å². The van der Waals surface area contributed by atoms with Crippen LogP contribution < -0.4 is 0 Å². The van der Waals surface area contributed by atoms with Crippen LogP contribution in [-0.4, -0.2) is 55.6 Å². The van der Waals surface area contributed by atoms with Gasteiger partial charge in [-0.1, -0.05) is 85.6 Å². The second-order valence-electron chi connectivity index (χ2n) is 9.95. The Balaban J connectivity index is 1.37. The molecule has 0 N–H and O–H groups in total. The summed E-state index contributed by atoms with van der Waals surface area (Å²) in [6.45, 7) is 9.59. The van der Waals surface area contributed by atoms with Crippen LogP contribution >= 0.6 is 67.6 Å². The molecule has 2 saturated heterocycles. The zero-order valence-electron chi connectivity index (χ0n) is 20.0. The minimum atomic E-state index is 0.738. The van der Waals surface area contributed by atoms with E-state index in [0.29, 0.717) is 0 Å². The standard InChI is InChI=1S/C24H42N2S6/c1-19-11-12-21(17-22(19)30-32-24(28)26-15-9-5-6-10-16-26)20(2)18-29-31-23(27)25-13-7-3-4-8-14-25/h19-22H,3-18H2,1-2H3. The number of hydrogen-bond donors (Lipinski definition) is 0. The van der Waals surface area contributed by atoms with Gasteiger partial charge in [-0.05, 0) is 84.3 Å². The van der Waals surface area contributed by atoms with Gasteiger partial charge in [-0.2, -0.15) is 0 Å². The van der Waals surface area contributed by atoms with Gasteiger partial charge in [-0.25, -0.2) is 0 Å². The molecule has 0 aromatic heterocycles. The first-order chi connectivity index (χ1) is 15.5. The van der Waals surface area contributed by atoms with Crippen molar-refractivity contribution in [3.63, 3.8) is 0 Å². The lowest BCUT2D eigenvalue weighted by molar-refractivity contribution is 0.245. The zero-order chi connectivity index (χ0) is 22.8. The highest BCUT2D eigenvalue weighted by atomic mass is 33.1. The molecular formula is C24H42N2S6. The maximum Gasteiger partial charge on any atom is 0.147 e. The Hall–Kier alpha value is 1.18. The number of likely N-dealkylation sites (tertiary alicyclic amines) is 2. The number of nitrogens with zero attached hydrogens (tertiary/aromatic N) is 2. The summed E-state index contributed by atoms with van der Waals surface area (Å²) in [6.07, 6.45) is 14.8. The summed E-state index contributed by atoms with van der Waals surface area (Å²) in [5, 5.41) is 0.738. The van der Waals surface area contributed by atoms with Crippen LogP contribution in [-0.2, 0) is 0 Å². The minimum absolute atomic E-state index is 0.738. The van der Waals surface area contributed by atoms with E-state index in [2.05, 4.69) is 34.4 Å². The van der Waals surface area contributed by atoms with Crippen molar-refractivity contribution < 1.29 is 0 Å². The van der Waals surface area contributed by atoms with Crippen molar-refractivity contribution in [3.8, 4) is 0 Å². The topological polar surface area (TPSA) is 6.48 Å². The average molecular weight is 551 g/mol. The SMILES string of the molecule is CC(CSSC(=S)N1CCCCCC1)C1CCC(C)C(SSC(=S)N2CCCCCC2)C1. The van der Waals surface area contributed by atoms with Crippen LogP contribution in [0, 0.1) is 17.8 Å². The number of rotatable bonds is 6. The molecular weight excluding hydrogens is 509 g/mol. The molecule has 0 amide bonds. The number of thiocarbonyl (C=S) groups is 2. The minimum Gasteiger partial charge on any atom is -0.357 e. The maximum atomic E-state index is 5.81. The van der Waals surface area contributed by atoms with Crippen LogP contribution in [0.2, 0.25) is 0 Å². The summed E-state index contributed by atoms with van der Waals surface area (Å²) in [6, 6.07) is 0. The molecule has 0 bridgehead atoms. The molecule has 2 aliphatic heterocycles. The van der Waals surface area contributed by atoms with Crippen LogP contribution in [0.15, 0.2) is 0 Å². The highest BCUT2D eigenvalue weighted by molar-refractivity contribution is 8.84. The fraction of sp³-hybridized carbons (Fsp3) is 0.917. The monoisotopic (exact) mass is 550 g/mol. The molecule has 0 aromatic carbocycles. The first-order valence-corrected chi connectivity index (χ1v) is 18.1. The van der Waals surface area contributed by atoms with E-state index in [0.717, 1.165) is 31.6 Å². The summed E-state index contributed by atoms with van der Waals surface area (Å²) in [4.78, 5) is 4.92. The quantitative estimate of drug-likeness (QED) is 0.237. The fourth-order valence-electron chi connectivity index (χ4n) is 5.01. The predicted octanol–water partition coefficient (Wildman–Crippen LogP) is 8.51. The summed E-state index contributed by atoms with van der Waals surface area (Å²) in [5.41, 5.74) is 0. The van der Waals surface area contributed by atoms with Crippen molar-refractivity contribution in [2.24, 2.45) is 17.8 Å². The van der Waals surface area contributed by atoms with Crippen LogP contribution in [0.3, 0.4) is 0 Å². The Kier molecular flexibility index (Phi) is 13.3. The molecule has 2 heterocycles. The molecule has 3 aliphatic rings. The van der Waals surface area contributed by atoms with Gasteiger partial charge in [0.2, 0.25) is 0 Å². The average Bonchev–Trinajstić information content (AvgIpc) is 3.24. The van der Waals surface area contributed by atoms with Crippen LogP contribution in [0.4, 0.5) is 0 Å². The molecule has 4 unspecified atom stereocenters. The number of hydrogen-bond acceptors (Lipinski definition) is 6. The van der Waals surface area contributed by atoms with Crippen molar-refractivity contribution in [2.45, 2.75) is 89.7 Å². The van der Waals surface area contributed by atoms with Gasteiger partial charge in [0.15, 0.2) is 0 Å². The molecule has 3 rings (SSSR count). The first kappa shape index (κ1) is 27.8. The zero-order valence-corrected chi connectivity index (χ0v) is 24.9. The molecule has 32 heavy (non-hydrogen) atoms. The largest absolute Gasteiger partial charge is 0.357 e. The second-order valence-corrected chi connectivity index (χ2v) is 16.0. The van der Waals surface area contributed by atoms with E-state index < -0.39 is 0 Å². The van der Waals surface area contributed by atoms with E-state index in [1.165, 1.54) is 103 Å². The van der Waals surface area contributed by atoms with Gasteiger partial charge in [-0.3, -0.25) is 0 Å². The molecule has 0 aromatic rings. The van der Waals surface area contributed by atoms with E-state index in [-0.39, 0.29) is 0 Å². The molecule has 8 heteroatoms. The van der Waals surface area contributed by atoms with Crippen molar-refractivity contribution >= 4 is 76.3 Å². The van der Waals surface area contributed by atoms with Crippen molar-refractivity contribution in [1.29, 1.82) is 0 Å². The molecule has 184 valence electrons. The Morgan fingerprint density at radius 1 is 0.812 bits per heavy atom. The lowest BCUT2D eigenvalue weighted by Crippen LogP contribution is -2.30. The Bertz CT molecular complexity index is 573. The molecule has 1 aliphatic carbocycles. The van der Waals surface area contributed by atoms with Gasteiger partial charge in [0, 0.05) is 37.2 Å². The van der Waals surface area contributed by atoms with E-state index in [1.54, 1.807) is 0 Å². The normalized spacial score (nSPS) is 28.6. The Morgan fingerprint density at radius 3 is 1.91 bits per heavy atom. The Labute approximate surface area is 224 Å². The van der Waals surface area contributed by atoms with Gasteiger partial charge < -0.3 is 9.80 Å². The molecule has 0 radical (unpaired) electrons. The summed E-state index contributed by atoms with van der Waals surface area (Å²) >= 11 is 11.6. The fourth-order valence-corrected chi connectivity index (χ4v) is 11.5. The molecule has 0 spiro atoms. The van der Waals surface area contributed by atoms with E-state index in [9.17, 15) is 0 Å². The van der Waals surface area contributed by atoms with E-state index in [1.807, 2.05) is 32.4 Å². The smallest absolute Gasteiger partial charge is 0.147 e. The highest BCUT2D eigenvalue weighted by Gasteiger charge is 2.32. The van der Waals surface area contributed by atoms with E-state index in [4.69, 9.17) is 24.4 Å². The van der Waals surface area contributed by atoms with Gasteiger partial charge in [0.1, 0.15) is 8.64 Å². The third-order valence-corrected chi connectivity index (χ3v) is 14.4. The third-order valence-electron chi connectivity index (χ3n) is 7.40. The highest BCUT2D eigenvalue weighted by Crippen LogP contribution is 2.45. The molecule has 1 saturated carbocycles. The predicted molar refractivity (Wildman–Crippen MR) is 160 cm³/mol. The first-order valence-electron chi connectivity index (χ1n) is 12.7. The molecule has 2 nitrogen and oxygen atoms in total. The lowest BCUT2D eigenvalue weighted by Gasteiger charge is -2.36. The van der Waals surface area contributed by atoms with Crippen molar-refractivity contribution in [2.75, 3.05) is 31.9 Å². The van der Waals surface area contributed by atoms with Gasteiger partial charge in [-0.15, -0.1) is 0 Å². The summed E-state index contributed by atoms with van der Waals surface area (Å²) in [7, 11) is 7.84. The van der Waals surface area contributed by atoms with E-state index >= 15 is 0 Å². The van der Waals surface area contributed by atoms with Crippen LogP contribution in [0.25, 0.3) is 0 Å². The maximum absolute atomic E-state index is 5.81. The van der Waals surface area contributed by atoms with Gasteiger partial charge in [0.05, 0.1) is 0 Å². The van der Waals surface area contributed by atoms with Crippen LogP contribution in [0.5, 0.6) is 0 Å². The van der Waals surface area contributed by atoms with Crippen molar-refractivity contribution in [3.05, 3.63) is 0 Å². The third kappa shape index (κ3) is 9.33. The van der Waals surface area contributed by atoms with Crippen molar-refractivity contribution in [1.82, 2.24) is 9.80 Å². The van der Waals surface area contributed by atoms with Gasteiger partial charge in [0.25, 0.3) is 0 Å². The molecule has 4 atom stereocenters. The lowest BCUT2D eigenvalue weighted by atomic mass is 9.77. The molecule has 3 fully saturated rings. The summed E-state index contributed by atoms with van der Waals surface area (Å²) in [5.74, 6) is 3.63. The van der Waals surface area contributed by atoms with Gasteiger partial charge >= 0.3 is 0 Å². The summed E-state index contributed by atoms with van der Waals surface area (Å²) < 4.78 is 2.25. The second kappa shape index (κ2) is 15.3. The Morgan fingerprint density at radius 2 is 1.34 bits per heavy atom.